The van der Waals surface area contributed by atoms with Gasteiger partial charge in [0, 0.05) is 18.7 Å². The number of amides is 2. The maximum atomic E-state index is 12.8. The minimum Gasteiger partial charge on any atom is -0.493 e. The molecule has 160 valence electrons. The maximum Gasteiger partial charge on any atom is 0.227 e. The summed E-state index contributed by atoms with van der Waals surface area (Å²) >= 11 is 0. The van der Waals surface area contributed by atoms with Crippen LogP contribution in [0.4, 0.5) is 5.69 Å². The van der Waals surface area contributed by atoms with E-state index in [4.69, 9.17) is 9.47 Å². The van der Waals surface area contributed by atoms with Gasteiger partial charge in [0.15, 0.2) is 11.5 Å². The molecule has 1 aliphatic rings. The van der Waals surface area contributed by atoms with Gasteiger partial charge in [0.05, 0.1) is 25.7 Å². The number of hydrogen-bond acceptors (Lipinski definition) is 4. The van der Waals surface area contributed by atoms with Crippen LogP contribution in [0, 0.1) is 12.8 Å². The summed E-state index contributed by atoms with van der Waals surface area (Å²) in [7, 11) is 1.60. The van der Waals surface area contributed by atoms with Gasteiger partial charge in [-0.15, -0.1) is 0 Å². The average molecular weight is 411 g/mol. The summed E-state index contributed by atoms with van der Waals surface area (Å²) in [6, 6.07) is 13.2. The molecule has 2 aromatic carbocycles. The lowest BCUT2D eigenvalue weighted by atomic mass is 10.0. The molecular weight excluding hydrogens is 380 g/mol. The largest absolute Gasteiger partial charge is 0.493 e. The molecule has 0 aliphatic carbocycles. The molecule has 1 heterocycles. The van der Waals surface area contributed by atoms with Crippen molar-refractivity contribution in [3.8, 4) is 11.5 Å². The van der Waals surface area contributed by atoms with Crippen LogP contribution in [-0.2, 0) is 9.59 Å². The summed E-state index contributed by atoms with van der Waals surface area (Å²) in [6.45, 7) is 6.99. The number of carbonyl (C=O) groups excluding carboxylic acids is 2. The lowest BCUT2D eigenvalue weighted by molar-refractivity contribution is -0.126. The molecule has 2 aromatic rings. The van der Waals surface area contributed by atoms with Crippen molar-refractivity contribution in [3.05, 3.63) is 53.6 Å². The first-order chi connectivity index (χ1) is 14.4. The fourth-order valence-corrected chi connectivity index (χ4v) is 3.56. The summed E-state index contributed by atoms with van der Waals surface area (Å²) in [5, 5.41) is 3.04. The van der Waals surface area contributed by atoms with Crippen molar-refractivity contribution in [3.63, 3.8) is 0 Å². The zero-order chi connectivity index (χ0) is 21.7. The van der Waals surface area contributed by atoms with Crippen molar-refractivity contribution in [2.24, 2.45) is 5.92 Å². The van der Waals surface area contributed by atoms with E-state index in [0.717, 1.165) is 23.2 Å². The number of benzene rings is 2. The molecule has 6 heteroatoms. The van der Waals surface area contributed by atoms with Crippen molar-refractivity contribution in [1.29, 1.82) is 0 Å². The van der Waals surface area contributed by atoms with E-state index < -0.39 is 0 Å². The van der Waals surface area contributed by atoms with Gasteiger partial charge in [-0.1, -0.05) is 30.7 Å². The fourth-order valence-electron chi connectivity index (χ4n) is 3.56. The molecular formula is C24H30N2O4. The Morgan fingerprint density at radius 3 is 2.60 bits per heavy atom. The SMILES string of the molecule is CCCOc1ccc(C(C)NC(=O)C2CC(=O)N(c3ccc(C)cc3)C2)cc1OC. The van der Waals surface area contributed by atoms with Crippen LogP contribution in [0.25, 0.3) is 0 Å². The number of ether oxygens (including phenoxy) is 2. The zero-order valence-corrected chi connectivity index (χ0v) is 18.1. The molecule has 1 N–H and O–H groups in total. The van der Waals surface area contributed by atoms with Gasteiger partial charge in [-0.25, -0.2) is 0 Å². The van der Waals surface area contributed by atoms with E-state index in [2.05, 4.69) is 5.32 Å². The molecule has 0 spiro atoms. The van der Waals surface area contributed by atoms with Gasteiger partial charge in [-0.05, 0) is 50.1 Å². The normalized spacial score (nSPS) is 17.0. The summed E-state index contributed by atoms with van der Waals surface area (Å²) < 4.78 is 11.1. The number of methoxy groups -OCH3 is 1. The van der Waals surface area contributed by atoms with Crippen LogP contribution >= 0.6 is 0 Å². The molecule has 1 saturated heterocycles. The Labute approximate surface area is 178 Å². The van der Waals surface area contributed by atoms with Gasteiger partial charge < -0.3 is 19.7 Å². The molecule has 0 aromatic heterocycles. The first-order valence-electron chi connectivity index (χ1n) is 10.4. The van der Waals surface area contributed by atoms with Crippen molar-refractivity contribution in [2.45, 2.75) is 39.7 Å². The Balaban J connectivity index is 1.64. The number of aryl methyl sites for hydroxylation is 1. The molecule has 30 heavy (non-hydrogen) atoms. The molecule has 3 rings (SSSR count). The Hall–Kier alpha value is -3.02. The van der Waals surface area contributed by atoms with Crippen LogP contribution in [0.3, 0.4) is 0 Å². The number of hydrogen-bond donors (Lipinski definition) is 1. The van der Waals surface area contributed by atoms with E-state index in [0.29, 0.717) is 24.7 Å². The third kappa shape index (κ3) is 4.93. The lowest BCUT2D eigenvalue weighted by Gasteiger charge is -2.20. The Bertz CT molecular complexity index is 895. The number of nitrogens with one attached hydrogen (secondary N) is 1. The maximum absolute atomic E-state index is 12.8. The second kappa shape index (κ2) is 9.65. The van der Waals surface area contributed by atoms with E-state index >= 15 is 0 Å². The minimum atomic E-state index is -0.365. The van der Waals surface area contributed by atoms with E-state index in [-0.39, 0.29) is 30.2 Å². The molecule has 1 fully saturated rings. The third-order valence-corrected chi connectivity index (χ3v) is 5.35. The second-order valence-corrected chi connectivity index (χ2v) is 7.73. The first kappa shape index (κ1) is 21.7. The highest BCUT2D eigenvalue weighted by Gasteiger charge is 2.35. The quantitative estimate of drug-likeness (QED) is 0.714. The van der Waals surface area contributed by atoms with Crippen molar-refractivity contribution >= 4 is 17.5 Å². The topological polar surface area (TPSA) is 67.9 Å². The number of rotatable bonds is 8. The highest BCUT2D eigenvalue weighted by Crippen LogP contribution is 2.31. The predicted molar refractivity (Wildman–Crippen MR) is 117 cm³/mol. The van der Waals surface area contributed by atoms with Gasteiger partial charge in [0.1, 0.15) is 0 Å². The summed E-state index contributed by atoms with van der Waals surface area (Å²) in [5.41, 5.74) is 2.89. The number of nitrogens with zero attached hydrogens (tertiary/aromatic N) is 1. The summed E-state index contributed by atoms with van der Waals surface area (Å²) in [4.78, 5) is 27.0. The molecule has 1 aliphatic heterocycles. The van der Waals surface area contributed by atoms with Crippen LogP contribution in [0.2, 0.25) is 0 Å². The van der Waals surface area contributed by atoms with Crippen LogP contribution in [-0.4, -0.2) is 32.1 Å². The van der Waals surface area contributed by atoms with E-state index in [1.54, 1.807) is 12.0 Å². The first-order valence-corrected chi connectivity index (χ1v) is 10.4. The fraction of sp³-hybridized carbons (Fsp3) is 0.417. The van der Waals surface area contributed by atoms with Gasteiger partial charge in [0.25, 0.3) is 0 Å². The van der Waals surface area contributed by atoms with Gasteiger partial charge in [-0.3, -0.25) is 9.59 Å². The van der Waals surface area contributed by atoms with Gasteiger partial charge in [0.2, 0.25) is 11.8 Å². The highest BCUT2D eigenvalue weighted by atomic mass is 16.5. The molecule has 2 atom stereocenters. The van der Waals surface area contributed by atoms with Crippen LogP contribution < -0.4 is 19.7 Å². The third-order valence-electron chi connectivity index (χ3n) is 5.35. The standard InChI is InChI=1S/C24H30N2O4/c1-5-12-30-21-11-8-18(13-22(21)29-4)17(3)25-24(28)19-14-23(27)26(15-19)20-9-6-16(2)7-10-20/h6-11,13,17,19H,5,12,14-15H2,1-4H3,(H,25,28). The predicted octanol–water partition coefficient (Wildman–Crippen LogP) is 4.02. The van der Waals surface area contributed by atoms with E-state index in [1.165, 1.54) is 0 Å². The average Bonchev–Trinajstić information content (AvgIpc) is 3.14. The Morgan fingerprint density at radius 1 is 1.20 bits per heavy atom. The number of carbonyl (C=O) groups is 2. The zero-order valence-electron chi connectivity index (χ0n) is 18.1. The second-order valence-electron chi connectivity index (χ2n) is 7.73. The van der Waals surface area contributed by atoms with E-state index in [9.17, 15) is 9.59 Å². The van der Waals surface area contributed by atoms with Crippen LogP contribution in [0.15, 0.2) is 42.5 Å². The Morgan fingerprint density at radius 2 is 1.93 bits per heavy atom. The molecule has 2 unspecified atom stereocenters. The molecule has 0 radical (unpaired) electrons. The van der Waals surface area contributed by atoms with Gasteiger partial charge >= 0.3 is 0 Å². The van der Waals surface area contributed by atoms with E-state index in [1.807, 2.05) is 63.2 Å². The smallest absolute Gasteiger partial charge is 0.227 e. The molecule has 0 bridgehead atoms. The van der Waals surface area contributed by atoms with Crippen molar-refractivity contribution in [1.82, 2.24) is 5.32 Å². The van der Waals surface area contributed by atoms with Crippen LogP contribution in [0.5, 0.6) is 11.5 Å². The minimum absolute atomic E-state index is 0.0225. The highest BCUT2D eigenvalue weighted by molar-refractivity contribution is 6.00. The molecule has 2 amide bonds. The van der Waals surface area contributed by atoms with Crippen LogP contribution in [0.1, 0.15) is 43.9 Å². The molecule has 0 saturated carbocycles. The summed E-state index contributed by atoms with van der Waals surface area (Å²) in [6.07, 6.45) is 1.14. The monoisotopic (exact) mass is 410 g/mol. The number of anilines is 1. The van der Waals surface area contributed by atoms with Crippen molar-refractivity contribution in [2.75, 3.05) is 25.2 Å². The summed E-state index contributed by atoms with van der Waals surface area (Å²) in [5.74, 6) is 0.831. The van der Waals surface area contributed by atoms with Gasteiger partial charge in [-0.2, -0.15) is 0 Å². The van der Waals surface area contributed by atoms with Crippen molar-refractivity contribution < 1.29 is 19.1 Å². The lowest BCUT2D eigenvalue weighted by Crippen LogP contribution is -2.34. The molecule has 6 nitrogen and oxygen atoms in total. The Kier molecular flexibility index (Phi) is 6.98.